The molecule has 12 aromatic rings. The highest BCUT2D eigenvalue weighted by atomic mass is 15.2. The van der Waals surface area contributed by atoms with Gasteiger partial charge in [-0.1, -0.05) is 146 Å². The lowest BCUT2D eigenvalue weighted by Crippen LogP contribution is -2.12. The van der Waals surface area contributed by atoms with Crippen LogP contribution in [0, 0.1) is 0 Å². The third kappa shape index (κ3) is 4.92. The van der Waals surface area contributed by atoms with Gasteiger partial charge in [0.15, 0.2) is 0 Å². The molecule has 0 bridgehead atoms. The number of nitrogens with zero attached hydrogens (tertiary/aromatic N) is 2. The van der Waals surface area contributed by atoms with Gasteiger partial charge in [0.2, 0.25) is 0 Å². The zero-order valence-electron chi connectivity index (χ0n) is 31.7. The van der Waals surface area contributed by atoms with Crippen molar-refractivity contribution in [2.24, 2.45) is 0 Å². The Kier molecular flexibility index (Phi) is 7.26. The molecule has 0 saturated heterocycles. The number of rotatable bonds is 6. The lowest BCUT2D eigenvalue weighted by atomic mass is 9.85. The van der Waals surface area contributed by atoms with Crippen LogP contribution in [0.5, 0.6) is 0 Å². The van der Waals surface area contributed by atoms with E-state index in [1.165, 1.54) is 86.8 Å². The molecule has 2 nitrogen and oxygen atoms in total. The molecule has 12 aromatic carbocycles. The third-order valence-electron chi connectivity index (χ3n) is 12.0. The molecular formula is C56H36N2. The van der Waals surface area contributed by atoms with Crippen LogP contribution >= 0.6 is 0 Å². The fourth-order valence-corrected chi connectivity index (χ4v) is 9.55. The van der Waals surface area contributed by atoms with Crippen molar-refractivity contribution in [3.05, 3.63) is 218 Å². The highest BCUT2D eigenvalue weighted by Gasteiger charge is 2.27. The molecule has 0 heterocycles. The maximum absolute atomic E-state index is 2.47. The van der Waals surface area contributed by atoms with Crippen LogP contribution in [0.1, 0.15) is 0 Å². The second-order valence-electron chi connectivity index (χ2n) is 15.3. The van der Waals surface area contributed by atoms with Crippen LogP contribution in [0.2, 0.25) is 0 Å². The maximum Gasteiger partial charge on any atom is 0.0619 e. The normalized spacial score (nSPS) is 11.8. The average Bonchev–Trinajstić information content (AvgIpc) is 3.29. The van der Waals surface area contributed by atoms with Crippen LogP contribution < -0.4 is 9.80 Å². The van der Waals surface area contributed by atoms with Crippen molar-refractivity contribution in [3.8, 4) is 0 Å². The molecular weight excluding hydrogens is 701 g/mol. The van der Waals surface area contributed by atoms with E-state index < -0.39 is 0 Å². The third-order valence-corrected chi connectivity index (χ3v) is 12.0. The van der Waals surface area contributed by atoms with Crippen molar-refractivity contribution < 1.29 is 0 Å². The van der Waals surface area contributed by atoms with Crippen LogP contribution in [0.25, 0.3) is 75.4 Å². The molecule has 0 radical (unpaired) electrons. The van der Waals surface area contributed by atoms with Gasteiger partial charge in [-0.05, 0) is 116 Å². The van der Waals surface area contributed by atoms with Gasteiger partial charge in [-0.25, -0.2) is 0 Å². The van der Waals surface area contributed by atoms with Crippen LogP contribution in [-0.4, -0.2) is 0 Å². The summed E-state index contributed by atoms with van der Waals surface area (Å²) >= 11 is 0. The molecule has 0 atom stereocenters. The van der Waals surface area contributed by atoms with Gasteiger partial charge in [0.1, 0.15) is 0 Å². The minimum absolute atomic E-state index is 1.12. The largest absolute Gasteiger partial charge is 0.309 e. The van der Waals surface area contributed by atoms with E-state index in [1.54, 1.807) is 0 Å². The lowest BCUT2D eigenvalue weighted by Gasteiger charge is -2.31. The molecule has 270 valence electrons. The summed E-state index contributed by atoms with van der Waals surface area (Å²) in [6.45, 7) is 0. The van der Waals surface area contributed by atoms with E-state index in [1.807, 2.05) is 0 Å². The molecule has 2 heteroatoms. The summed E-state index contributed by atoms with van der Waals surface area (Å²) in [6, 6.07) is 80.2. The zero-order chi connectivity index (χ0) is 38.2. The Balaban J connectivity index is 1.32. The van der Waals surface area contributed by atoms with Crippen molar-refractivity contribution in [1.82, 2.24) is 0 Å². The quantitative estimate of drug-likeness (QED) is 0.124. The molecule has 0 aromatic heterocycles. The maximum atomic E-state index is 2.47. The smallest absolute Gasteiger partial charge is 0.0619 e. The second kappa shape index (κ2) is 12.9. The van der Waals surface area contributed by atoms with Gasteiger partial charge in [-0.2, -0.15) is 0 Å². The number of benzene rings is 12. The molecule has 0 saturated carbocycles. The van der Waals surface area contributed by atoms with Crippen molar-refractivity contribution >= 4 is 110 Å². The number of anilines is 6. The first-order valence-electron chi connectivity index (χ1n) is 20.0. The van der Waals surface area contributed by atoms with Gasteiger partial charge >= 0.3 is 0 Å². The van der Waals surface area contributed by atoms with E-state index in [2.05, 4.69) is 228 Å². The molecule has 58 heavy (non-hydrogen) atoms. The van der Waals surface area contributed by atoms with Crippen LogP contribution in [0.3, 0.4) is 0 Å². The summed E-state index contributed by atoms with van der Waals surface area (Å²) in [5.41, 5.74) is 6.85. The second-order valence-corrected chi connectivity index (χ2v) is 15.3. The zero-order valence-corrected chi connectivity index (χ0v) is 31.7. The lowest BCUT2D eigenvalue weighted by molar-refractivity contribution is 1.31. The van der Waals surface area contributed by atoms with E-state index in [-0.39, 0.29) is 0 Å². The number of fused-ring (bicyclic) bond motifs is 6. The molecule has 0 spiro atoms. The SMILES string of the molecule is c1ccc(N(c2ccccc2)c2c3cc4ccccc4cc3c3ccc4c(N(c5ccccc5)c5ccccc5)c5cc6ccccc6cc5c5ccc2c3c45)cc1. The Bertz CT molecular complexity index is 3170. The summed E-state index contributed by atoms with van der Waals surface area (Å²) in [6.07, 6.45) is 0. The Morgan fingerprint density at radius 3 is 0.776 bits per heavy atom. The fraction of sp³-hybridized carbons (Fsp3) is 0. The van der Waals surface area contributed by atoms with Crippen LogP contribution in [-0.2, 0) is 0 Å². The van der Waals surface area contributed by atoms with Crippen molar-refractivity contribution in [2.45, 2.75) is 0 Å². The summed E-state index contributed by atoms with van der Waals surface area (Å²) in [5, 5.41) is 17.4. The van der Waals surface area contributed by atoms with Gasteiger partial charge in [0, 0.05) is 55.1 Å². The Morgan fingerprint density at radius 2 is 0.466 bits per heavy atom. The average molecular weight is 737 g/mol. The topological polar surface area (TPSA) is 6.48 Å². The number of hydrogen-bond acceptors (Lipinski definition) is 2. The molecule has 0 N–H and O–H groups in total. The van der Waals surface area contributed by atoms with Crippen molar-refractivity contribution in [3.63, 3.8) is 0 Å². The number of para-hydroxylation sites is 4. The Morgan fingerprint density at radius 1 is 0.207 bits per heavy atom. The summed E-state index contributed by atoms with van der Waals surface area (Å²) < 4.78 is 0. The van der Waals surface area contributed by atoms with Gasteiger partial charge in [0.05, 0.1) is 11.4 Å². The van der Waals surface area contributed by atoms with Gasteiger partial charge in [-0.3, -0.25) is 0 Å². The first-order chi connectivity index (χ1) is 28.8. The van der Waals surface area contributed by atoms with E-state index in [9.17, 15) is 0 Å². The molecule has 0 aliphatic carbocycles. The first-order valence-corrected chi connectivity index (χ1v) is 20.0. The van der Waals surface area contributed by atoms with Crippen molar-refractivity contribution in [2.75, 3.05) is 9.80 Å². The monoisotopic (exact) mass is 736 g/mol. The molecule has 0 unspecified atom stereocenters. The highest BCUT2D eigenvalue weighted by molar-refractivity contribution is 6.40. The summed E-state index contributed by atoms with van der Waals surface area (Å²) in [7, 11) is 0. The summed E-state index contributed by atoms with van der Waals surface area (Å²) in [5.74, 6) is 0. The van der Waals surface area contributed by atoms with E-state index >= 15 is 0 Å². The van der Waals surface area contributed by atoms with Crippen LogP contribution in [0.15, 0.2) is 218 Å². The predicted molar refractivity (Wildman–Crippen MR) is 250 cm³/mol. The Hall–Kier alpha value is -7.68. The van der Waals surface area contributed by atoms with E-state index in [0.29, 0.717) is 0 Å². The van der Waals surface area contributed by atoms with Gasteiger partial charge in [-0.15, -0.1) is 0 Å². The molecule has 12 rings (SSSR count). The Labute approximate surface area is 336 Å². The molecule has 0 fully saturated rings. The minimum atomic E-state index is 1.12. The highest BCUT2D eigenvalue weighted by Crippen LogP contribution is 2.54. The molecule has 0 aliphatic rings. The van der Waals surface area contributed by atoms with Gasteiger partial charge < -0.3 is 9.80 Å². The summed E-state index contributed by atoms with van der Waals surface area (Å²) in [4.78, 5) is 4.94. The van der Waals surface area contributed by atoms with Crippen molar-refractivity contribution in [1.29, 1.82) is 0 Å². The minimum Gasteiger partial charge on any atom is -0.309 e. The van der Waals surface area contributed by atoms with E-state index in [0.717, 1.165) is 22.7 Å². The molecule has 0 amide bonds. The first kappa shape index (κ1) is 32.6. The standard InChI is InChI=1S/C56H36N2/c1-5-21-41(22-6-1)57(42-23-7-2-8-24-42)55-47-31-29-46-50-34-38-18-14-16-20-40(38)36-52(50)56(58(43-25-9-3-10-26-43)44-27-11-4-12-28-44)48-32-30-45(53(47)54(46)48)49-33-37-17-13-15-19-39(37)35-51(49)55/h1-36H. The number of hydrogen-bond donors (Lipinski definition) is 0. The fourth-order valence-electron chi connectivity index (χ4n) is 9.55. The van der Waals surface area contributed by atoms with Gasteiger partial charge in [0.25, 0.3) is 0 Å². The van der Waals surface area contributed by atoms with Crippen LogP contribution in [0.4, 0.5) is 34.1 Å². The molecule has 0 aliphatic heterocycles. The predicted octanol–water partition coefficient (Wildman–Crippen LogP) is 16.1. The van der Waals surface area contributed by atoms with E-state index in [4.69, 9.17) is 0 Å².